The number of rotatable bonds is 6. The fourth-order valence-electron chi connectivity index (χ4n) is 1.32. The van der Waals surface area contributed by atoms with Crippen LogP contribution in [0.2, 0.25) is 0 Å². The van der Waals surface area contributed by atoms with Crippen LogP contribution in [0.4, 0.5) is 0 Å². The molecule has 0 bridgehead atoms. The van der Waals surface area contributed by atoms with E-state index < -0.39 is 0 Å². The fourth-order valence-corrected chi connectivity index (χ4v) is 1.32. The van der Waals surface area contributed by atoms with Gasteiger partial charge >= 0.3 is 0 Å². The van der Waals surface area contributed by atoms with Crippen LogP contribution in [0.25, 0.3) is 0 Å². The van der Waals surface area contributed by atoms with Crippen LogP contribution in [-0.4, -0.2) is 24.2 Å². The third-order valence-corrected chi connectivity index (χ3v) is 3.29. The van der Waals surface area contributed by atoms with Crippen molar-refractivity contribution >= 4 is 5.91 Å². The molecule has 0 fully saturated rings. The van der Waals surface area contributed by atoms with Gasteiger partial charge in [-0.05, 0) is 30.6 Å². The number of carbonyl (C=O) groups excluding carboxylic acids is 1. The Morgan fingerprint density at radius 1 is 1.22 bits per heavy atom. The van der Waals surface area contributed by atoms with Crippen molar-refractivity contribution in [2.24, 2.45) is 10.8 Å². The van der Waals surface area contributed by atoms with E-state index in [0.717, 1.165) is 18.4 Å². The molecule has 0 aliphatic rings. The molecule has 18 heavy (non-hydrogen) atoms. The zero-order valence-electron chi connectivity index (χ0n) is 12.8. The molecule has 0 aliphatic carbocycles. The maximum absolute atomic E-state index is 11.7. The first-order chi connectivity index (χ1) is 8.08. The molecule has 0 unspecified atom stereocenters. The molecule has 0 aliphatic heterocycles. The highest BCUT2D eigenvalue weighted by molar-refractivity contribution is 5.88. The van der Waals surface area contributed by atoms with Crippen LogP contribution >= 0.6 is 0 Å². The SMILES string of the molecule is CC(=CC(=O)NCCCC(C)(C)CO)C(C)(C)C. The number of hydrogen-bond donors (Lipinski definition) is 2. The van der Waals surface area contributed by atoms with E-state index in [2.05, 4.69) is 26.1 Å². The monoisotopic (exact) mass is 255 g/mol. The van der Waals surface area contributed by atoms with E-state index in [4.69, 9.17) is 5.11 Å². The second-order valence-corrected chi connectivity index (χ2v) is 6.79. The summed E-state index contributed by atoms with van der Waals surface area (Å²) in [5.41, 5.74) is 1.06. The third-order valence-electron chi connectivity index (χ3n) is 3.29. The zero-order chi connectivity index (χ0) is 14.4. The molecule has 0 radical (unpaired) electrons. The lowest BCUT2D eigenvalue weighted by Gasteiger charge is -2.21. The first kappa shape index (κ1) is 17.2. The van der Waals surface area contributed by atoms with Gasteiger partial charge in [-0.25, -0.2) is 0 Å². The summed E-state index contributed by atoms with van der Waals surface area (Å²) in [5, 5.41) is 12.0. The quantitative estimate of drug-likeness (QED) is 0.566. The Morgan fingerprint density at radius 3 is 2.22 bits per heavy atom. The maximum Gasteiger partial charge on any atom is 0.243 e. The molecule has 0 aromatic heterocycles. The summed E-state index contributed by atoms with van der Waals surface area (Å²) >= 11 is 0. The van der Waals surface area contributed by atoms with Gasteiger partial charge in [-0.3, -0.25) is 4.79 Å². The summed E-state index contributed by atoms with van der Waals surface area (Å²) in [4.78, 5) is 11.7. The number of allylic oxidation sites excluding steroid dienone is 1. The van der Waals surface area contributed by atoms with Crippen LogP contribution < -0.4 is 5.32 Å². The van der Waals surface area contributed by atoms with Crippen LogP contribution in [0.1, 0.15) is 54.4 Å². The molecule has 0 saturated heterocycles. The first-order valence-electron chi connectivity index (χ1n) is 6.66. The smallest absolute Gasteiger partial charge is 0.243 e. The van der Waals surface area contributed by atoms with Crippen LogP contribution in [0, 0.1) is 10.8 Å². The number of nitrogens with one attached hydrogen (secondary N) is 1. The van der Waals surface area contributed by atoms with Crippen molar-refractivity contribution in [2.45, 2.75) is 54.4 Å². The molecule has 0 rings (SSSR count). The molecular formula is C15H29NO2. The minimum absolute atomic E-state index is 0.0239. The van der Waals surface area contributed by atoms with Crippen LogP contribution in [0.5, 0.6) is 0 Å². The van der Waals surface area contributed by atoms with Gasteiger partial charge in [0.2, 0.25) is 5.91 Å². The second kappa shape index (κ2) is 6.93. The van der Waals surface area contributed by atoms with Gasteiger partial charge in [-0.15, -0.1) is 0 Å². The normalized spacial score (nSPS) is 13.6. The lowest BCUT2D eigenvalue weighted by Crippen LogP contribution is -2.25. The molecule has 0 saturated carbocycles. The van der Waals surface area contributed by atoms with E-state index in [-0.39, 0.29) is 23.3 Å². The molecule has 3 heteroatoms. The van der Waals surface area contributed by atoms with Gasteiger partial charge in [-0.2, -0.15) is 0 Å². The number of aliphatic hydroxyl groups is 1. The Bertz CT molecular complexity index is 298. The molecular weight excluding hydrogens is 226 g/mol. The zero-order valence-corrected chi connectivity index (χ0v) is 12.8. The lowest BCUT2D eigenvalue weighted by atomic mass is 9.87. The Morgan fingerprint density at radius 2 is 1.78 bits per heavy atom. The highest BCUT2D eigenvalue weighted by atomic mass is 16.3. The van der Waals surface area contributed by atoms with Gasteiger partial charge < -0.3 is 10.4 Å². The Kier molecular flexibility index (Phi) is 6.61. The fraction of sp³-hybridized carbons (Fsp3) is 0.800. The highest BCUT2D eigenvalue weighted by Gasteiger charge is 2.16. The molecule has 0 spiro atoms. The van der Waals surface area contributed by atoms with Gasteiger partial charge in [0.1, 0.15) is 0 Å². The van der Waals surface area contributed by atoms with Gasteiger partial charge in [-0.1, -0.05) is 40.2 Å². The minimum Gasteiger partial charge on any atom is -0.396 e. The molecule has 0 aromatic carbocycles. The average molecular weight is 255 g/mol. The van der Waals surface area contributed by atoms with E-state index in [9.17, 15) is 4.79 Å². The van der Waals surface area contributed by atoms with Crippen molar-refractivity contribution in [2.75, 3.05) is 13.2 Å². The molecule has 106 valence electrons. The summed E-state index contributed by atoms with van der Waals surface area (Å²) in [6.07, 6.45) is 3.48. The van der Waals surface area contributed by atoms with Gasteiger partial charge in [0.05, 0.1) is 0 Å². The predicted molar refractivity (Wildman–Crippen MR) is 76.3 cm³/mol. The van der Waals surface area contributed by atoms with Crippen molar-refractivity contribution in [1.29, 1.82) is 0 Å². The summed E-state index contributed by atoms with van der Waals surface area (Å²) in [7, 11) is 0. The average Bonchev–Trinajstić information content (AvgIpc) is 2.23. The number of amides is 1. The second-order valence-electron chi connectivity index (χ2n) is 6.79. The van der Waals surface area contributed by atoms with E-state index in [1.165, 1.54) is 0 Å². The summed E-state index contributed by atoms with van der Waals surface area (Å²) in [6, 6.07) is 0. The van der Waals surface area contributed by atoms with E-state index in [1.54, 1.807) is 6.08 Å². The number of aliphatic hydroxyl groups excluding tert-OH is 1. The van der Waals surface area contributed by atoms with Crippen molar-refractivity contribution < 1.29 is 9.90 Å². The van der Waals surface area contributed by atoms with E-state index in [1.807, 2.05) is 20.8 Å². The number of hydrogen-bond acceptors (Lipinski definition) is 2. The standard InChI is InChI=1S/C15H29NO2/c1-12(14(2,3)4)10-13(18)16-9-7-8-15(5,6)11-17/h10,17H,7-9,11H2,1-6H3,(H,16,18). The van der Waals surface area contributed by atoms with Crippen LogP contribution in [-0.2, 0) is 4.79 Å². The van der Waals surface area contributed by atoms with Crippen molar-refractivity contribution in [3.63, 3.8) is 0 Å². The van der Waals surface area contributed by atoms with Crippen molar-refractivity contribution in [3.05, 3.63) is 11.6 Å². The minimum atomic E-state index is -0.0537. The Labute approximate surface area is 112 Å². The molecule has 3 nitrogen and oxygen atoms in total. The van der Waals surface area contributed by atoms with E-state index >= 15 is 0 Å². The predicted octanol–water partition coefficient (Wildman–Crippen LogP) is 2.89. The Hall–Kier alpha value is -0.830. The largest absolute Gasteiger partial charge is 0.396 e. The summed E-state index contributed by atoms with van der Waals surface area (Å²) in [5.74, 6) is -0.0239. The molecule has 0 aromatic rings. The van der Waals surface area contributed by atoms with Gasteiger partial charge in [0, 0.05) is 19.2 Å². The van der Waals surface area contributed by atoms with Gasteiger partial charge in [0.15, 0.2) is 0 Å². The molecule has 1 amide bonds. The number of carbonyl (C=O) groups is 1. The molecule has 0 heterocycles. The van der Waals surface area contributed by atoms with Crippen molar-refractivity contribution in [1.82, 2.24) is 5.32 Å². The third kappa shape index (κ3) is 7.49. The summed E-state index contributed by atoms with van der Waals surface area (Å²) < 4.78 is 0. The summed E-state index contributed by atoms with van der Waals surface area (Å²) in [6.45, 7) is 13.2. The van der Waals surface area contributed by atoms with Crippen LogP contribution in [0.15, 0.2) is 11.6 Å². The van der Waals surface area contributed by atoms with Gasteiger partial charge in [0.25, 0.3) is 0 Å². The van der Waals surface area contributed by atoms with Crippen LogP contribution in [0.3, 0.4) is 0 Å². The van der Waals surface area contributed by atoms with E-state index in [0.29, 0.717) is 6.54 Å². The lowest BCUT2D eigenvalue weighted by molar-refractivity contribution is -0.116. The first-order valence-corrected chi connectivity index (χ1v) is 6.66. The van der Waals surface area contributed by atoms with Crippen molar-refractivity contribution in [3.8, 4) is 0 Å². The Balaban J connectivity index is 4.00. The topological polar surface area (TPSA) is 49.3 Å². The highest BCUT2D eigenvalue weighted by Crippen LogP contribution is 2.24. The maximum atomic E-state index is 11.7. The molecule has 2 N–H and O–H groups in total. The molecule has 0 atom stereocenters.